The van der Waals surface area contributed by atoms with Crippen LogP contribution >= 0.6 is 15.9 Å². The van der Waals surface area contributed by atoms with Crippen LogP contribution in [-0.2, 0) is 22.6 Å². The summed E-state index contributed by atoms with van der Waals surface area (Å²) in [6, 6.07) is 14.8. The Kier molecular flexibility index (Phi) is 7.13. The molecule has 8 heteroatoms. The second-order valence-electron chi connectivity index (χ2n) is 6.52. The van der Waals surface area contributed by atoms with E-state index in [9.17, 15) is 14.4 Å². The number of aryl methyl sites for hydroxylation is 1. The highest BCUT2D eigenvalue weighted by Crippen LogP contribution is 2.14. The van der Waals surface area contributed by atoms with E-state index in [0.29, 0.717) is 30.4 Å². The minimum atomic E-state index is -0.191. The summed E-state index contributed by atoms with van der Waals surface area (Å²) in [5, 5.41) is 6.02. The van der Waals surface area contributed by atoms with Gasteiger partial charge in [-0.05, 0) is 23.8 Å². The molecule has 0 radical (unpaired) electrons. The van der Waals surface area contributed by atoms with Crippen LogP contribution in [0.1, 0.15) is 12.0 Å². The molecule has 0 aliphatic carbocycles. The summed E-state index contributed by atoms with van der Waals surface area (Å²) >= 11 is 3.35. The lowest BCUT2D eigenvalue weighted by Crippen LogP contribution is -2.36. The van der Waals surface area contributed by atoms with E-state index in [1.807, 2.05) is 36.4 Å². The molecule has 29 heavy (non-hydrogen) atoms. The van der Waals surface area contributed by atoms with E-state index in [1.165, 1.54) is 10.9 Å². The Morgan fingerprint density at radius 3 is 2.48 bits per heavy atom. The van der Waals surface area contributed by atoms with Gasteiger partial charge in [-0.25, -0.2) is 4.98 Å². The maximum absolute atomic E-state index is 12.5. The highest BCUT2D eigenvalue weighted by molar-refractivity contribution is 9.10. The second-order valence-corrected chi connectivity index (χ2v) is 7.43. The van der Waals surface area contributed by atoms with Crippen LogP contribution in [0, 0.1) is 0 Å². The molecule has 1 heterocycles. The zero-order valence-electron chi connectivity index (χ0n) is 15.7. The van der Waals surface area contributed by atoms with Crippen LogP contribution in [0.25, 0.3) is 10.9 Å². The molecule has 150 valence electrons. The monoisotopic (exact) mass is 456 g/mol. The topological polar surface area (TPSA) is 93.1 Å². The van der Waals surface area contributed by atoms with E-state index in [-0.39, 0.29) is 30.3 Å². The average molecular weight is 457 g/mol. The van der Waals surface area contributed by atoms with Crippen LogP contribution in [0.4, 0.5) is 0 Å². The minimum absolute atomic E-state index is 0.0922. The van der Waals surface area contributed by atoms with Gasteiger partial charge in [-0.15, -0.1) is 0 Å². The number of amides is 2. The number of nitrogens with one attached hydrogen (secondary N) is 2. The molecule has 0 aliphatic rings. The molecule has 0 spiro atoms. The SMILES string of the molecule is O=C(CCn1cnc2ccc(Br)cc2c1=O)NCCNC(=O)Cc1ccccc1. The van der Waals surface area contributed by atoms with Crippen molar-refractivity contribution in [2.45, 2.75) is 19.4 Å². The molecule has 0 saturated carbocycles. The van der Waals surface area contributed by atoms with Crippen molar-refractivity contribution >= 4 is 38.6 Å². The maximum Gasteiger partial charge on any atom is 0.261 e. The number of fused-ring (bicyclic) bond motifs is 1. The van der Waals surface area contributed by atoms with Gasteiger partial charge in [0.05, 0.1) is 23.7 Å². The first-order chi connectivity index (χ1) is 14.0. The van der Waals surface area contributed by atoms with E-state index in [0.717, 1.165) is 10.0 Å². The van der Waals surface area contributed by atoms with Gasteiger partial charge in [0, 0.05) is 30.5 Å². The number of carbonyl (C=O) groups excluding carboxylic acids is 2. The number of carbonyl (C=O) groups is 2. The standard InChI is InChI=1S/C21H21BrN4O3/c22-16-6-7-18-17(13-16)21(29)26(14-25-18)11-8-19(27)23-9-10-24-20(28)12-15-4-2-1-3-5-15/h1-7,13-14H,8-12H2,(H,23,27)(H,24,28). The fourth-order valence-corrected chi connectivity index (χ4v) is 3.21. The first kappa shape index (κ1) is 20.7. The molecule has 0 aliphatic heterocycles. The largest absolute Gasteiger partial charge is 0.354 e. The molecular weight excluding hydrogens is 436 g/mol. The number of nitrogens with zero attached hydrogens (tertiary/aromatic N) is 2. The Labute approximate surface area is 176 Å². The number of aromatic nitrogens is 2. The highest BCUT2D eigenvalue weighted by atomic mass is 79.9. The van der Waals surface area contributed by atoms with E-state index < -0.39 is 0 Å². The summed E-state index contributed by atoms with van der Waals surface area (Å²) < 4.78 is 2.23. The number of hydrogen-bond acceptors (Lipinski definition) is 4. The van der Waals surface area contributed by atoms with E-state index in [2.05, 4.69) is 31.5 Å². The maximum atomic E-state index is 12.5. The molecule has 2 N–H and O–H groups in total. The Balaban J connectivity index is 1.41. The molecule has 0 bridgehead atoms. The van der Waals surface area contributed by atoms with Gasteiger partial charge in [0.1, 0.15) is 0 Å². The molecule has 0 unspecified atom stereocenters. The van der Waals surface area contributed by atoms with Gasteiger partial charge >= 0.3 is 0 Å². The summed E-state index contributed by atoms with van der Waals surface area (Å²) in [6.07, 6.45) is 1.91. The van der Waals surface area contributed by atoms with Gasteiger partial charge in [-0.2, -0.15) is 0 Å². The predicted octanol–water partition coefficient (Wildman–Crippen LogP) is 2.02. The molecule has 0 saturated heterocycles. The zero-order chi connectivity index (χ0) is 20.6. The normalized spacial score (nSPS) is 10.7. The van der Waals surface area contributed by atoms with Crippen molar-refractivity contribution in [2.75, 3.05) is 13.1 Å². The molecule has 3 aromatic rings. The van der Waals surface area contributed by atoms with Crippen molar-refractivity contribution in [3.05, 3.63) is 75.2 Å². The van der Waals surface area contributed by atoms with Crippen molar-refractivity contribution in [1.29, 1.82) is 0 Å². The van der Waals surface area contributed by atoms with Crippen LogP contribution in [0.2, 0.25) is 0 Å². The van der Waals surface area contributed by atoms with Crippen molar-refractivity contribution in [3.63, 3.8) is 0 Å². The summed E-state index contributed by atoms with van der Waals surface area (Å²) in [4.78, 5) is 40.6. The average Bonchev–Trinajstić information content (AvgIpc) is 2.72. The fourth-order valence-electron chi connectivity index (χ4n) is 2.85. The summed E-state index contributed by atoms with van der Waals surface area (Å²) in [5.41, 5.74) is 1.37. The fraction of sp³-hybridized carbons (Fsp3) is 0.238. The first-order valence-electron chi connectivity index (χ1n) is 9.25. The van der Waals surface area contributed by atoms with Gasteiger partial charge in [0.25, 0.3) is 5.56 Å². The minimum Gasteiger partial charge on any atom is -0.354 e. The molecule has 0 fully saturated rings. The third-order valence-electron chi connectivity index (χ3n) is 4.34. The Morgan fingerprint density at radius 2 is 1.72 bits per heavy atom. The van der Waals surface area contributed by atoms with Crippen molar-refractivity contribution < 1.29 is 9.59 Å². The highest BCUT2D eigenvalue weighted by Gasteiger charge is 2.08. The lowest BCUT2D eigenvalue weighted by atomic mass is 10.1. The van der Waals surface area contributed by atoms with Crippen molar-refractivity contribution in [2.24, 2.45) is 0 Å². The van der Waals surface area contributed by atoms with Gasteiger partial charge in [0.15, 0.2) is 0 Å². The third kappa shape index (κ3) is 5.99. The number of rotatable bonds is 8. The molecule has 1 aromatic heterocycles. The summed E-state index contributed by atoms with van der Waals surface area (Å²) in [7, 11) is 0. The quantitative estimate of drug-likeness (QED) is 0.507. The summed E-state index contributed by atoms with van der Waals surface area (Å²) in [5.74, 6) is -0.283. The third-order valence-corrected chi connectivity index (χ3v) is 4.84. The number of hydrogen-bond donors (Lipinski definition) is 2. The zero-order valence-corrected chi connectivity index (χ0v) is 17.3. The van der Waals surface area contributed by atoms with Crippen molar-refractivity contribution in [3.8, 4) is 0 Å². The Morgan fingerprint density at radius 1 is 1.00 bits per heavy atom. The lowest BCUT2D eigenvalue weighted by molar-refractivity contribution is -0.122. The molecule has 3 rings (SSSR count). The van der Waals surface area contributed by atoms with Crippen LogP contribution in [0.5, 0.6) is 0 Å². The molecular formula is C21H21BrN4O3. The van der Waals surface area contributed by atoms with Crippen LogP contribution in [-0.4, -0.2) is 34.5 Å². The summed E-state index contributed by atoms with van der Waals surface area (Å²) in [6.45, 7) is 0.917. The van der Waals surface area contributed by atoms with Crippen LogP contribution < -0.4 is 16.2 Å². The Bertz CT molecular complexity index is 1070. The molecule has 7 nitrogen and oxygen atoms in total. The second kappa shape index (κ2) is 9.97. The Hall–Kier alpha value is -3.00. The lowest BCUT2D eigenvalue weighted by Gasteiger charge is -2.09. The van der Waals surface area contributed by atoms with Crippen molar-refractivity contribution in [1.82, 2.24) is 20.2 Å². The molecule has 2 aromatic carbocycles. The van der Waals surface area contributed by atoms with Gasteiger partial charge < -0.3 is 10.6 Å². The van der Waals surface area contributed by atoms with Crippen LogP contribution in [0.3, 0.4) is 0 Å². The predicted molar refractivity (Wildman–Crippen MR) is 114 cm³/mol. The van der Waals surface area contributed by atoms with Crippen LogP contribution in [0.15, 0.2) is 64.1 Å². The van der Waals surface area contributed by atoms with E-state index >= 15 is 0 Å². The molecule has 2 amide bonds. The first-order valence-corrected chi connectivity index (χ1v) is 10.0. The smallest absolute Gasteiger partial charge is 0.261 e. The van der Waals surface area contributed by atoms with E-state index in [1.54, 1.807) is 12.1 Å². The van der Waals surface area contributed by atoms with E-state index in [4.69, 9.17) is 0 Å². The van der Waals surface area contributed by atoms with Gasteiger partial charge in [0.2, 0.25) is 11.8 Å². The number of halogens is 1. The van der Waals surface area contributed by atoms with Gasteiger partial charge in [-0.3, -0.25) is 19.0 Å². The van der Waals surface area contributed by atoms with Gasteiger partial charge in [-0.1, -0.05) is 46.3 Å². The number of benzene rings is 2. The molecule has 0 atom stereocenters.